The number of hydrogen-bond acceptors (Lipinski definition) is 2. The standard InChI is InChI=1S/C18H17F3N2O2/c1-3-22-16(24)13-6-9-15(11(2)10-13)23-17(25)12-4-7-14(8-5-12)18(19,20)21/h4-10H,3H2,1-2H3,(H,22,24)(H,23,25). The Morgan fingerprint density at radius 3 is 2.08 bits per heavy atom. The van der Waals surface area contributed by atoms with Gasteiger partial charge in [-0.15, -0.1) is 0 Å². The van der Waals surface area contributed by atoms with Crippen LogP contribution >= 0.6 is 0 Å². The van der Waals surface area contributed by atoms with Gasteiger partial charge in [-0.1, -0.05) is 0 Å². The van der Waals surface area contributed by atoms with E-state index >= 15 is 0 Å². The van der Waals surface area contributed by atoms with Crippen LogP contribution in [0.15, 0.2) is 42.5 Å². The Hall–Kier alpha value is -2.83. The quantitative estimate of drug-likeness (QED) is 0.875. The van der Waals surface area contributed by atoms with Gasteiger partial charge in [-0.2, -0.15) is 13.2 Å². The molecular weight excluding hydrogens is 333 g/mol. The Bertz CT molecular complexity index is 784. The molecule has 0 aliphatic rings. The number of nitrogens with one attached hydrogen (secondary N) is 2. The first-order valence-corrected chi connectivity index (χ1v) is 7.60. The van der Waals surface area contributed by atoms with E-state index in [4.69, 9.17) is 0 Å². The molecule has 0 fully saturated rings. The van der Waals surface area contributed by atoms with Crippen LogP contribution in [0.4, 0.5) is 18.9 Å². The highest BCUT2D eigenvalue weighted by atomic mass is 19.4. The van der Waals surface area contributed by atoms with Crippen molar-refractivity contribution < 1.29 is 22.8 Å². The van der Waals surface area contributed by atoms with Gasteiger partial charge in [0.05, 0.1) is 5.56 Å². The van der Waals surface area contributed by atoms with E-state index in [2.05, 4.69) is 10.6 Å². The summed E-state index contributed by atoms with van der Waals surface area (Å²) >= 11 is 0. The van der Waals surface area contributed by atoms with Gasteiger partial charge in [-0.3, -0.25) is 9.59 Å². The van der Waals surface area contributed by atoms with Crippen molar-refractivity contribution in [1.29, 1.82) is 0 Å². The largest absolute Gasteiger partial charge is 0.416 e. The molecule has 0 saturated heterocycles. The van der Waals surface area contributed by atoms with Crippen molar-refractivity contribution in [1.82, 2.24) is 5.32 Å². The van der Waals surface area contributed by atoms with Gasteiger partial charge in [-0.25, -0.2) is 0 Å². The highest BCUT2D eigenvalue weighted by Gasteiger charge is 2.30. The number of benzene rings is 2. The van der Waals surface area contributed by atoms with Gasteiger partial charge >= 0.3 is 6.18 Å². The van der Waals surface area contributed by atoms with Crippen molar-refractivity contribution in [3.05, 3.63) is 64.7 Å². The van der Waals surface area contributed by atoms with Crippen LogP contribution in [0.1, 0.15) is 38.8 Å². The summed E-state index contributed by atoms with van der Waals surface area (Å²) in [7, 11) is 0. The minimum absolute atomic E-state index is 0.111. The van der Waals surface area contributed by atoms with Crippen LogP contribution in [0.25, 0.3) is 0 Å². The van der Waals surface area contributed by atoms with Gasteiger partial charge in [0.2, 0.25) is 0 Å². The van der Waals surface area contributed by atoms with E-state index in [-0.39, 0.29) is 11.5 Å². The molecule has 25 heavy (non-hydrogen) atoms. The lowest BCUT2D eigenvalue weighted by Gasteiger charge is -2.11. The van der Waals surface area contributed by atoms with Crippen molar-refractivity contribution in [2.75, 3.05) is 11.9 Å². The molecule has 4 nitrogen and oxygen atoms in total. The molecule has 0 aromatic heterocycles. The fourth-order valence-electron chi connectivity index (χ4n) is 2.21. The van der Waals surface area contributed by atoms with E-state index in [9.17, 15) is 22.8 Å². The fourth-order valence-corrected chi connectivity index (χ4v) is 2.21. The zero-order valence-corrected chi connectivity index (χ0v) is 13.7. The first kappa shape index (κ1) is 18.5. The molecule has 0 unspecified atom stereocenters. The molecule has 0 aliphatic heterocycles. The van der Waals surface area contributed by atoms with Gasteiger partial charge in [0.15, 0.2) is 0 Å². The van der Waals surface area contributed by atoms with Crippen LogP contribution in [0.3, 0.4) is 0 Å². The summed E-state index contributed by atoms with van der Waals surface area (Å²) < 4.78 is 37.6. The predicted molar refractivity (Wildman–Crippen MR) is 88.6 cm³/mol. The van der Waals surface area contributed by atoms with Crippen LogP contribution in [0, 0.1) is 6.92 Å². The molecule has 0 atom stereocenters. The average molecular weight is 350 g/mol. The predicted octanol–water partition coefficient (Wildman–Crippen LogP) is 4.02. The summed E-state index contributed by atoms with van der Waals surface area (Å²) in [5.74, 6) is -0.742. The first-order valence-electron chi connectivity index (χ1n) is 7.60. The van der Waals surface area contributed by atoms with E-state index in [1.165, 1.54) is 0 Å². The highest BCUT2D eigenvalue weighted by molar-refractivity contribution is 6.05. The van der Waals surface area contributed by atoms with Gasteiger partial charge in [0, 0.05) is 23.4 Å². The van der Waals surface area contributed by atoms with E-state index in [0.29, 0.717) is 23.4 Å². The monoisotopic (exact) mass is 350 g/mol. The van der Waals surface area contributed by atoms with Crippen molar-refractivity contribution in [3.8, 4) is 0 Å². The number of rotatable bonds is 4. The third-order valence-electron chi connectivity index (χ3n) is 3.55. The topological polar surface area (TPSA) is 58.2 Å². The number of amides is 2. The number of alkyl halides is 3. The van der Waals surface area contributed by atoms with Crippen molar-refractivity contribution >= 4 is 17.5 Å². The molecular formula is C18H17F3N2O2. The Morgan fingerprint density at radius 1 is 0.960 bits per heavy atom. The lowest BCUT2D eigenvalue weighted by atomic mass is 10.1. The Labute approximate surface area is 143 Å². The number of halogens is 3. The second kappa shape index (κ2) is 7.38. The normalized spacial score (nSPS) is 11.1. The molecule has 7 heteroatoms. The molecule has 0 spiro atoms. The maximum absolute atomic E-state index is 12.5. The third kappa shape index (κ3) is 4.59. The summed E-state index contributed by atoms with van der Waals surface area (Å²) in [6.07, 6.45) is -4.44. The lowest BCUT2D eigenvalue weighted by molar-refractivity contribution is -0.137. The average Bonchev–Trinajstić information content (AvgIpc) is 2.56. The second-order valence-electron chi connectivity index (χ2n) is 5.42. The Morgan fingerprint density at radius 2 is 1.56 bits per heavy atom. The molecule has 132 valence electrons. The summed E-state index contributed by atoms with van der Waals surface area (Å²) in [6.45, 7) is 4.04. The van der Waals surface area contributed by atoms with Gasteiger partial charge in [-0.05, 0) is 61.9 Å². The van der Waals surface area contributed by atoms with E-state index in [1.54, 1.807) is 25.1 Å². The Balaban J connectivity index is 2.14. The van der Waals surface area contributed by atoms with Crippen molar-refractivity contribution in [2.24, 2.45) is 0 Å². The summed E-state index contributed by atoms with van der Waals surface area (Å²) in [6, 6.07) is 8.75. The van der Waals surface area contributed by atoms with Crippen LogP contribution < -0.4 is 10.6 Å². The summed E-state index contributed by atoms with van der Waals surface area (Å²) in [4.78, 5) is 24.0. The van der Waals surface area contributed by atoms with Crippen LogP contribution in [0.5, 0.6) is 0 Å². The maximum atomic E-state index is 12.5. The molecule has 2 aromatic carbocycles. The van der Waals surface area contributed by atoms with Crippen molar-refractivity contribution in [3.63, 3.8) is 0 Å². The van der Waals surface area contributed by atoms with Crippen LogP contribution in [0.2, 0.25) is 0 Å². The molecule has 0 heterocycles. The minimum atomic E-state index is -4.44. The van der Waals surface area contributed by atoms with Crippen LogP contribution in [-0.4, -0.2) is 18.4 Å². The number of carbonyl (C=O) groups excluding carboxylic acids is 2. The van der Waals surface area contributed by atoms with E-state index < -0.39 is 17.6 Å². The van der Waals surface area contributed by atoms with Crippen LogP contribution in [-0.2, 0) is 6.18 Å². The molecule has 0 aliphatic carbocycles. The summed E-state index contributed by atoms with van der Waals surface area (Å²) in [5, 5.41) is 5.31. The third-order valence-corrected chi connectivity index (χ3v) is 3.55. The zero-order valence-electron chi connectivity index (χ0n) is 13.7. The maximum Gasteiger partial charge on any atom is 0.416 e. The molecule has 0 bridgehead atoms. The number of carbonyl (C=O) groups is 2. The molecule has 2 rings (SSSR count). The molecule has 0 radical (unpaired) electrons. The lowest BCUT2D eigenvalue weighted by Crippen LogP contribution is -2.22. The smallest absolute Gasteiger partial charge is 0.352 e. The van der Waals surface area contributed by atoms with E-state index in [1.807, 2.05) is 6.92 Å². The fraction of sp³-hybridized carbons (Fsp3) is 0.222. The van der Waals surface area contributed by atoms with Gasteiger partial charge in [0.25, 0.3) is 11.8 Å². The highest BCUT2D eigenvalue weighted by Crippen LogP contribution is 2.29. The number of hydrogen-bond donors (Lipinski definition) is 2. The van der Waals surface area contributed by atoms with Gasteiger partial charge < -0.3 is 10.6 Å². The van der Waals surface area contributed by atoms with Crippen molar-refractivity contribution in [2.45, 2.75) is 20.0 Å². The molecule has 2 amide bonds. The first-order chi connectivity index (χ1) is 11.7. The minimum Gasteiger partial charge on any atom is -0.352 e. The number of aryl methyl sites for hydroxylation is 1. The Kier molecular flexibility index (Phi) is 5.46. The molecule has 2 aromatic rings. The second-order valence-corrected chi connectivity index (χ2v) is 5.42. The number of anilines is 1. The van der Waals surface area contributed by atoms with E-state index in [0.717, 1.165) is 24.3 Å². The molecule has 2 N–H and O–H groups in total. The van der Waals surface area contributed by atoms with Gasteiger partial charge in [0.1, 0.15) is 0 Å². The summed E-state index contributed by atoms with van der Waals surface area (Å²) in [5.41, 5.74) is 0.917. The molecule has 0 saturated carbocycles. The zero-order chi connectivity index (χ0) is 18.6. The SMILES string of the molecule is CCNC(=O)c1ccc(NC(=O)c2ccc(C(F)(F)F)cc2)c(C)c1.